The number of rotatable bonds is 7. The molecule has 7 heteroatoms. The van der Waals surface area contributed by atoms with Crippen molar-refractivity contribution in [1.82, 2.24) is 5.32 Å². The number of halogens is 1. The molecule has 0 fully saturated rings. The van der Waals surface area contributed by atoms with Gasteiger partial charge in [-0.3, -0.25) is 9.59 Å². The van der Waals surface area contributed by atoms with E-state index < -0.39 is 30.3 Å². The Kier molecular flexibility index (Phi) is 6.54. The highest BCUT2D eigenvalue weighted by molar-refractivity contribution is 6.30. The van der Waals surface area contributed by atoms with Crippen LogP contribution in [0.4, 0.5) is 0 Å². The average Bonchev–Trinajstić information content (AvgIpc) is 2.60. The van der Waals surface area contributed by atoms with Crippen LogP contribution in [0.3, 0.4) is 0 Å². The molecule has 2 aromatic carbocycles. The van der Waals surface area contributed by atoms with Crippen LogP contribution >= 0.6 is 11.6 Å². The average molecular weight is 362 g/mol. The number of esters is 1. The van der Waals surface area contributed by atoms with Crippen LogP contribution in [-0.2, 0) is 20.9 Å². The maximum Gasteiger partial charge on any atom is 0.326 e. The van der Waals surface area contributed by atoms with Gasteiger partial charge in [-0.1, -0.05) is 41.9 Å². The third-order valence-corrected chi connectivity index (χ3v) is 3.58. The third kappa shape index (κ3) is 5.93. The lowest BCUT2D eigenvalue weighted by atomic mass is 10.1. The zero-order valence-electron chi connectivity index (χ0n) is 13.1. The maximum absolute atomic E-state index is 12.1. The summed E-state index contributed by atoms with van der Waals surface area (Å²) in [6.07, 6.45) is -0.471. The van der Waals surface area contributed by atoms with Gasteiger partial charge < -0.3 is 15.2 Å². The van der Waals surface area contributed by atoms with Gasteiger partial charge in [-0.15, -0.1) is 0 Å². The fraction of sp³-hybridized carbons (Fsp3) is 0.167. The van der Waals surface area contributed by atoms with Gasteiger partial charge >= 0.3 is 11.9 Å². The van der Waals surface area contributed by atoms with E-state index in [0.717, 1.165) is 5.56 Å². The van der Waals surface area contributed by atoms with E-state index in [1.165, 1.54) is 24.3 Å². The van der Waals surface area contributed by atoms with Crippen molar-refractivity contribution in [3.8, 4) is 0 Å². The molecule has 6 nitrogen and oxygen atoms in total. The van der Waals surface area contributed by atoms with Gasteiger partial charge in [-0.25, -0.2) is 4.79 Å². The Morgan fingerprint density at radius 2 is 1.68 bits per heavy atom. The minimum absolute atomic E-state index is 0.0388. The van der Waals surface area contributed by atoms with Crippen LogP contribution in [0.25, 0.3) is 0 Å². The van der Waals surface area contributed by atoms with Gasteiger partial charge in [0.15, 0.2) is 0 Å². The Morgan fingerprint density at radius 3 is 2.28 bits per heavy atom. The van der Waals surface area contributed by atoms with Crippen molar-refractivity contribution in [1.29, 1.82) is 0 Å². The zero-order chi connectivity index (χ0) is 18.2. The van der Waals surface area contributed by atoms with Crippen LogP contribution in [0.15, 0.2) is 54.6 Å². The summed E-state index contributed by atoms with van der Waals surface area (Å²) >= 11 is 5.74. The molecule has 0 spiro atoms. The van der Waals surface area contributed by atoms with Crippen molar-refractivity contribution in [3.05, 3.63) is 70.7 Å². The smallest absolute Gasteiger partial charge is 0.326 e. The van der Waals surface area contributed by atoms with Gasteiger partial charge in [0.1, 0.15) is 12.6 Å². The van der Waals surface area contributed by atoms with Gasteiger partial charge in [-0.05, 0) is 29.8 Å². The van der Waals surface area contributed by atoms with E-state index in [0.29, 0.717) is 5.02 Å². The number of carboxylic acid groups (broad SMARTS) is 1. The van der Waals surface area contributed by atoms with Crippen molar-refractivity contribution in [2.75, 3.05) is 0 Å². The summed E-state index contributed by atoms with van der Waals surface area (Å²) in [5.41, 5.74) is 1.03. The fourth-order valence-electron chi connectivity index (χ4n) is 2.01. The van der Waals surface area contributed by atoms with E-state index >= 15 is 0 Å². The summed E-state index contributed by atoms with van der Waals surface area (Å²) in [6.45, 7) is 0.0388. The molecule has 130 valence electrons. The van der Waals surface area contributed by atoms with E-state index in [9.17, 15) is 19.5 Å². The molecule has 0 aliphatic rings. The van der Waals surface area contributed by atoms with E-state index in [4.69, 9.17) is 16.3 Å². The molecule has 2 N–H and O–H groups in total. The molecule has 1 amide bonds. The molecule has 0 aliphatic heterocycles. The van der Waals surface area contributed by atoms with Crippen molar-refractivity contribution in [3.63, 3.8) is 0 Å². The summed E-state index contributed by atoms with van der Waals surface area (Å²) in [6, 6.07) is 13.6. The first-order valence-corrected chi connectivity index (χ1v) is 7.82. The normalized spacial score (nSPS) is 11.4. The number of aliphatic carboxylic acids is 1. The fourth-order valence-corrected chi connectivity index (χ4v) is 2.13. The predicted octanol–water partition coefficient (Wildman–Crippen LogP) is 2.66. The molecule has 0 aliphatic carbocycles. The third-order valence-electron chi connectivity index (χ3n) is 3.32. The SMILES string of the molecule is O=C(C[C@@H](NC(=O)c1ccc(Cl)cc1)C(=O)O)OCc1ccccc1. The van der Waals surface area contributed by atoms with E-state index in [2.05, 4.69) is 5.32 Å². The number of carbonyl (C=O) groups excluding carboxylic acids is 2. The highest BCUT2D eigenvalue weighted by Crippen LogP contribution is 2.10. The van der Waals surface area contributed by atoms with Crippen LogP contribution in [0.1, 0.15) is 22.3 Å². The lowest BCUT2D eigenvalue weighted by Crippen LogP contribution is -2.42. The molecule has 2 rings (SSSR count). The standard InChI is InChI=1S/C18H16ClNO5/c19-14-8-6-13(7-9-14)17(22)20-15(18(23)24)10-16(21)25-11-12-4-2-1-3-5-12/h1-9,15H,10-11H2,(H,20,22)(H,23,24)/t15-/m1/s1. The van der Waals surface area contributed by atoms with Crippen molar-refractivity contribution < 1.29 is 24.2 Å². The van der Waals surface area contributed by atoms with Gasteiger partial charge in [-0.2, -0.15) is 0 Å². The lowest BCUT2D eigenvalue weighted by Gasteiger charge is -2.14. The second-order valence-electron chi connectivity index (χ2n) is 5.22. The Bertz CT molecular complexity index is 746. The first-order chi connectivity index (χ1) is 12.0. The molecule has 0 bridgehead atoms. The largest absolute Gasteiger partial charge is 0.480 e. The lowest BCUT2D eigenvalue weighted by molar-refractivity contribution is -0.150. The number of ether oxygens (including phenoxy) is 1. The molecule has 0 unspecified atom stereocenters. The highest BCUT2D eigenvalue weighted by atomic mass is 35.5. The number of amides is 1. The highest BCUT2D eigenvalue weighted by Gasteiger charge is 2.24. The minimum atomic E-state index is -1.38. The number of hydrogen-bond acceptors (Lipinski definition) is 4. The molecule has 2 aromatic rings. The number of hydrogen-bond donors (Lipinski definition) is 2. The second kappa shape index (κ2) is 8.84. The molecule has 0 saturated heterocycles. The number of carbonyl (C=O) groups is 3. The summed E-state index contributed by atoms with van der Waals surface area (Å²) in [5, 5.41) is 12.0. The molecular formula is C18H16ClNO5. The molecule has 1 atom stereocenters. The van der Waals surface area contributed by atoms with Gasteiger partial charge in [0.25, 0.3) is 5.91 Å². The molecule has 0 heterocycles. The Labute approximate surface area is 149 Å². The summed E-state index contributed by atoms with van der Waals surface area (Å²) in [7, 11) is 0. The Morgan fingerprint density at radius 1 is 1.04 bits per heavy atom. The zero-order valence-corrected chi connectivity index (χ0v) is 13.9. The molecule has 0 saturated carbocycles. The van der Waals surface area contributed by atoms with Crippen molar-refractivity contribution >= 4 is 29.4 Å². The monoisotopic (exact) mass is 361 g/mol. The Balaban J connectivity index is 1.91. The van der Waals surface area contributed by atoms with Crippen LogP contribution in [-0.4, -0.2) is 29.0 Å². The topological polar surface area (TPSA) is 92.7 Å². The number of benzene rings is 2. The van der Waals surface area contributed by atoms with Crippen LogP contribution < -0.4 is 5.32 Å². The quantitative estimate of drug-likeness (QED) is 0.739. The van der Waals surface area contributed by atoms with Gasteiger partial charge in [0.05, 0.1) is 6.42 Å². The summed E-state index contributed by atoms with van der Waals surface area (Å²) < 4.78 is 5.04. The number of carboxylic acids is 1. The van der Waals surface area contributed by atoms with Crippen LogP contribution in [0.5, 0.6) is 0 Å². The minimum Gasteiger partial charge on any atom is -0.480 e. The first-order valence-electron chi connectivity index (χ1n) is 7.44. The molecule has 0 aromatic heterocycles. The Hall–Kier alpha value is -2.86. The van der Waals surface area contributed by atoms with Gasteiger partial charge in [0.2, 0.25) is 0 Å². The number of nitrogens with one attached hydrogen (secondary N) is 1. The maximum atomic E-state index is 12.1. The van der Waals surface area contributed by atoms with Crippen LogP contribution in [0, 0.1) is 0 Å². The van der Waals surface area contributed by atoms with E-state index in [-0.39, 0.29) is 12.2 Å². The van der Waals surface area contributed by atoms with Crippen molar-refractivity contribution in [2.45, 2.75) is 19.1 Å². The molecule has 25 heavy (non-hydrogen) atoms. The van der Waals surface area contributed by atoms with E-state index in [1.54, 1.807) is 24.3 Å². The second-order valence-corrected chi connectivity index (χ2v) is 5.66. The summed E-state index contributed by atoms with van der Waals surface area (Å²) in [4.78, 5) is 35.2. The predicted molar refractivity (Wildman–Crippen MR) is 91.2 cm³/mol. The van der Waals surface area contributed by atoms with E-state index in [1.807, 2.05) is 6.07 Å². The van der Waals surface area contributed by atoms with Crippen LogP contribution in [0.2, 0.25) is 5.02 Å². The first kappa shape index (κ1) is 18.5. The molecule has 0 radical (unpaired) electrons. The van der Waals surface area contributed by atoms with Gasteiger partial charge in [0, 0.05) is 10.6 Å². The summed E-state index contributed by atoms with van der Waals surface area (Å²) in [5.74, 6) is -2.65. The van der Waals surface area contributed by atoms with Crippen molar-refractivity contribution in [2.24, 2.45) is 0 Å². The molecular weight excluding hydrogens is 346 g/mol.